The molecule has 1 amide bonds. The van der Waals surface area contributed by atoms with Crippen LogP contribution in [0.5, 0.6) is 0 Å². The third kappa shape index (κ3) is 3.49. The van der Waals surface area contributed by atoms with Crippen LogP contribution >= 0.6 is 38.5 Å². The molecule has 0 aliphatic carbocycles. The van der Waals surface area contributed by atoms with Crippen molar-refractivity contribution in [3.8, 4) is 0 Å². The number of hydrogen-bond donors (Lipinski definition) is 0. The Labute approximate surface area is 134 Å². The van der Waals surface area contributed by atoms with E-state index in [2.05, 4.69) is 38.5 Å². The van der Waals surface area contributed by atoms with Gasteiger partial charge in [0, 0.05) is 21.1 Å². The van der Waals surface area contributed by atoms with Crippen LogP contribution < -0.4 is 0 Å². The topological polar surface area (TPSA) is 54.5 Å². The minimum Gasteiger partial charge on any atom is -0.338 e. The zero-order valence-corrected chi connectivity index (χ0v) is 14.8. The Morgan fingerprint density at radius 1 is 1.47 bits per heavy atom. The Bertz CT molecular complexity index is 617. The Balaban J connectivity index is 2.22. The number of rotatable bonds is 2. The van der Waals surface area contributed by atoms with E-state index >= 15 is 0 Å². The van der Waals surface area contributed by atoms with Crippen LogP contribution in [0.25, 0.3) is 0 Å². The lowest BCUT2D eigenvalue weighted by Crippen LogP contribution is -2.38. The maximum atomic E-state index is 12.4. The molecule has 19 heavy (non-hydrogen) atoms. The number of amides is 1. The molecule has 104 valence electrons. The zero-order valence-electron chi connectivity index (χ0n) is 10.3. The van der Waals surface area contributed by atoms with E-state index < -0.39 is 9.84 Å². The molecule has 2 rings (SSSR count). The number of nitrogens with zero attached hydrogens (tertiary/aromatic N) is 1. The SMILES string of the molecule is CN(C(=O)c1cc(Br)ccc1I)C1CCS(=O)(=O)C1. The van der Waals surface area contributed by atoms with Gasteiger partial charge in [-0.1, -0.05) is 15.9 Å². The van der Waals surface area contributed by atoms with Crippen LogP contribution in [0.2, 0.25) is 0 Å². The first-order valence-corrected chi connectivity index (χ1v) is 9.42. The van der Waals surface area contributed by atoms with Gasteiger partial charge in [-0.15, -0.1) is 0 Å². The largest absolute Gasteiger partial charge is 0.338 e. The fourth-order valence-corrected chi connectivity index (χ4v) is 4.80. The summed E-state index contributed by atoms with van der Waals surface area (Å²) in [6.07, 6.45) is 0.523. The summed E-state index contributed by atoms with van der Waals surface area (Å²) < 4.78 is 24.7. The van der Waals surface area contributed by atoms with E-state index in [1.807, 2.05) is 12.1 Å². The molecule has 1 fully saturated rings. The van der Waals surface area contributed by atoms with Crippen LogP contribution in [0.1, 0.15) is 16.8 Å². The molecule has 1 unspecified atom stereocenters. The van der Waals surface area contributed by atoms with Crippen LogP contribution in [0.15, 0.2) is 22.7 Å². The summed E-state index contributed by atoms with van der Waals surface area (Å²) in [6.45, 7) is 0. The molecule has 0 aromatic heterocycles. The number of hydrogen-bond acceptors (Lipinski definition) is 3. The van der Waals surface area contributed by atoms with E-state index in [1.54, 1.807) is 18.0 Å². The summed E-state index contributed by atoms with van der Waals surface area (Å²) in [6, 6.07) is 5.28. The second-order valence-corrected chi connectivity index (χ2v) is 8.90. The van der Waals surface area contributed by atoms with Crippen molar-refractivity contribution in [2.75, 3.05) is 18.6 Å². The van der Waals surface area contributed by atoms with E-state index in [4.69, 9.17) is 0 Å². The van der Waals surface area contributed by atoms with Gasteiger partial charge in [-0.25, -0.2) is 8.42 Å². The van der Waals surface area contributed by atoms with Gasteiger partial charge in [-0.2, -0.15) is 0 Å². The van der Waals surface area contributed by atoms with Crippen molar-refractivity contribution in [3.63, 3.8) is 0 Å². The van der Waals surface area contributed by atoms with Crippen molar-refractivity contribution in [3.05, 3.63) is 31.8 Å². The van der Waals surface area contributed by atoms with Gasteiger partial charge in [-0.3, -0.25) is 4.79 Å². The maximum absolute atomic E-state index is 12.4. The number of carbonyl (C=O) groups excluding carboxylic acids is 1. The summed E-state index contributed by atoms with van der Waals surface area (Å²) in [5, 5.41) is 0. The van der Waals surface area contributed by atoms with Gasteiger partial charge >= 0.3 is 0 Å². The minimum atomic E-state index is -2.98. The summed E-state index contributed by atoms with van der Waals surface area (Å²) in [5.74, 6) is 0.109. The molecule has 1 aliphatic rings. The van der Waals surface area contributed by atoms with E-state index in [0.717, 1.165) is 8.04 Å². The van der Waals surface area contributed by atoms with Gasteiger partial charge in [0.05, 0.1) is 17.1 Å². The second-order valence-electron chi connectivity index (χ2n) is 4.60. The van der Waals surface area contributed by atoms with Crippen LogP contribution in [0.3, 0.4) is 0 Å². The molecule has 0 N–H and O–H groups in total. The lowest BCUT2D eigenvalue weighted by Gasteiger charge is -2.24. The van der Waals surface area contributed by atoms with Crippen LogP contribution in [0, 0.1) is 3.57 Å². The van der Waals surface area contributed by atoms with E-state index in [0.29, 0.717) is 12.0 Å². The molecule has 1 heterocycles. The summed E-state index contributed by atoms with van der Waals surface area (Å²) in [7, 11) is -1.31. The molecule has 1 saturated heterocycles. The summed E-state index contributed by atoms with van der Waals surface area (Å²) >= 11 is 5.45. The monoisotopic (exact) mass is 457 g/mol. The van der Waals surface area contributed by atoms with Crippen molar-refractivity contribution in [1.29, 1.82) is 0 Å². The first kappa shape index (κ1) is 15.2. The minimum absolute atomic E-state index is 0.0693. The number of carbonyl (C=O) groups is 1. The third-order valence-electron chi connectivity index (χ3n) is 3.24. The molecule has 0 bridgehead atoms. The molecule has 1 atom stereocenters. The highest BCUT2D eigenvalue weighted by Crippen LogP contribution is 2.23. The average molecular weight is 458 g/mol. The Morgan fingerprint density at radius 2 is 2.16 bits per heavy atom. The predicted molar refractivity (Wildman–Crippen MR) is 86.0 cm³/mol. The van der Waals surface area contributed by atoms with E-state index in [-0.39, 0.29) is 23.5 Å². The molecule has 0 spiro atoms. The molecule has 1 aliphatic heterocycles. The molecule has 1 aromatic carbocycles. The molecular weight excluding hydrogens is 445 g/mol. The van der Waals surface area contributed by atoms with Crippen molar-refractivity contribution in [1.82, 2.24) is 4.90 Å². The van der Waals surface area contributed by atoms with Gasteiger partial charge < -0.3 is 4.90 Å². The van der Waals surface area contributed by atoms with Gasteiger partial charge in [0.2, 0.25) is 0 Å². The molecule has 0 radical (unpaired) electrons. The second kappa shape index (κ2) is 5.69. The van der Waals surface area contributed by atoms with Crippen molar-refractivity contribution < 1.29 is 13.2 Å². The summed E-state index contributed by atoms with van der Waals surface area (Å²) in [5.41, 5.74) is 0.599. The molecule has 7 heteroatoms. The smallest absolute Gasteiger partial charge is 0.254 e. The normalized spacial score (nSPS) is 21.3. The van der Waals surface area contributed by atoms with Crippen molar-refractivity contribution in [2.24, 2.45) is 0 Å². The Kier molecular flexibility index (Phi) is 4.56. The first-order chi connectivity index (χ1) is 8.80. The molecule has 4 nitrogen and oxygen atoms in total. The predicted octanol–water partition coefficient (Wildman–Crippen LogP) is 2.31. The van der Waals surface area contributed by atoms with Crippen LogP contribution in [-0.4, -0.2) is 43.8 Å². The van der Waals surface area contributed by atoms with Gasteiger partial charge in [0.1, 0.15) is 0 Å². The standard InChI is InChI=1S/C12H13BrINO3S/c1-15(9-4-5-19(17,18)7-9)12(16)10-6-8(13)2-3-11(10)14/h2-3,6,9H,4-5,7H2,1H3. The Hall–Kier alpha value is -0.150. The quantitative estimate of drug-likeness (QED) is 0.640. The zero-order chi connectivity index (χ0) is 14.2. The highest BCUT2D eigenvalue weighted by atomic mass is 127. The van der Waals surface area contributed by atoms with Crippen molar-refractivity contribution in [2.45, 2.75) is 12.5 Å². The maximum Gasteiger partial charge on any atom is 0.254 e. The molecule has 0 saturated carbocycles. The average Bonchev–Trinajstić information content (AvgIpc) is 2.71. The lowest BCUT2D eigenvalue weighted by atomic mass is 10.1. The van der Waals surface area contributed by atoms with Crippen molar-refractivity contribution >= 4 is 54.3 Å². The first-order valence-electron chi connectivity index (χ1n) is 5.73. The van der Waals surface area contributed by atoms with Gasteiger partial charge in [-0.05, 0) is 47.2 Å². The highest BCUT2D eigenvalue weighted by molar-refractivity contribution is 14.1. The number of benzene rings is 1. The Morgan fingerprint density at radius 3 is 2.74 bits per heavy atom. The molecule has 1 aromatic rings. The van der Waals surface area contributed by atoms with E-state index in [1.165, 1.54) is 0 Å². The summed E-state index contributed by atoms with van der Waals surface area (Å²) in [4.78, 5) is 14.0. The highest BCUT2D eigenvalue weighted by Gasteiger charge is 2.33. The van der Waals surface area contributed by atoms with Gasteiger partial charge in [0.15, 0.2) is 9.84 Å². The fourth-order valence-electron chi connectivity index (χ4n) is 2.10. The van der Waals surface area contributed by atoms with E-state index in [9.17, 15) is 13.2 Å². The number of sulfone groups is 1. The fraction of sp³-hybridized carbons (Fsp3) is 0.417. The van der Waals surface area contributed by atoms with Gasteiger partial charge in [0.25, 0.3) is 5.91 Å². The van der Waals surface area contributed by atoms with Crippen LogP contribution in [0.4, 0.5) is 0 Å². The number of halogens is 2. The molecular formula is C12H13BrINO3S. The third-order valence-corrected chi connectivity index (χ3v) is 6.42. The lowest BCUT2D eigenvalue weighted by molar-refractivity contribution is 0.0746. The van der Waals surface area contributed by atoms with Crippen LogP contribution in [-0.2, 0) is 9.84 Å².